The van der Waals surface area contributed by atoms with Crippen molar-refractivity contribution in [2.75, 3.05) is 11.9 Å². The molecule has 0 saturated heterocycles. The molecule has 29 heavy (non-hydrogen) atoms. The highest BCUT2D eigenvalue weighted by atomic mass is 19.4. The normalized spacial score (nSPS) is 15.5. The minimum absolute atomic E-state index is 0.142. The van der Waals surface area contributed by atoms with Gasteiger partial charge in [0, 0.05) is 23.2 Å². The van der Waals surface area contributed by atoms with Crippen LogP contribution in [0.25, 0.3) is 16.5 Å². The number of rotatable bonds is 2. The number of amides is 1. The molecule has 0 saturated carbocycles. The van der Waals surface area contributed by atoms with Gasteiger partial charge in [0.1, 0.15) is 5.75 Å². The fourth-order valence-electron chi connectivity index (χ4n) is 3.34. The van der Waals surface area contributed by atoms with Gasteiger partial charge in [0.15, 0.2) is 0 Å². The molecule has 1 N–H and O–H groups in total. The van der Waals surface area contributed by atoms with Crippen LogP contribution in [0.5, 0.6) is 5.75 Å². The lowest BCUT2D eigenvalue weighted by Crippen LogP contribution is -2.10. The van der Waals surface area contributed by atoms with Crippen molar-refractivity contribution in [2.24, 2.45) is 0 Å². The Kier molecular flexibility index (Phi) is 4.96. The Morgan fingerprint density at radius 3 is 2.79 bits per heavy atom. The quantitative estimate of drug-likeness (QED) is 0.584. The minimum atomic E-state index is -4.45. The van der Waals surface area contributed by atoms with Gasteiger partial charge in [-0.1, -0.05) is 24.3 Å². The predicted molar refractivity (Wildman–Crippen MR) is 105 cm³/mol. The Bertz CT molecular complexity index is 1100. The topological polar surface area (TPSA) is 51.2 Å². The molecular formula is C22H17F3N2O2. The van der Waals surface area contributed by atoms with E-state index in [1.807, 2.05) is 24.3 Å². The van der Waals surface area contributed by atoms with E-state index in [0.29, 0.717) is 41.8 Å². The maximum Gasteiger partial charge on any atom is 0.416 e. The maximum atomic E-state index is 13.0. The summed E-state index contributed by atoms with van der Waals surface area (Å²) in [6.45, 7) is 0.292. The third-order valence-electron chi connectivity index (χ3n) is 4.70. The van der Waals surface area contributed by atoms with E-state index in [4.69, 9.17) is 4.74 Å². The van der Waals surface area contributed by atoms with Gasteiger partial charge in [-0.25, -0.2) is 0 Å². The number of allylic oxidation sites excluding steroid dienone is 1. The molecule has 2 aromatic carbocycles. The number of fused-ring (bicyclic) bond motifs is 2. The third kappa shape index (κ3) is 4.08. The van der Waals surface area contributed by atoms with Crippen LogP contribution >= 0.6 is 0 Å². The van der Waals surface area contributed by atoms with E-state index in [1.54, 1.807) is 12.3 Å². The Hall–Kier alpha value is -3.35. The summed E-state index contributed by atoms with van der Waals surface area (Å²) in [5.74, 6) is -0.228. The Balaban J connectivity index is 1.65. The molecule has 0 bridgehead atoms. The fourth-order valence-corrected chi connectivity index (χ4v) is 3.34. The lowest BCUT2D eigenvalue weighted by molar-refractivity contribution is -0.137. The zero-order valence-electron chi connectivity index (χ0n) is 15.3. The smallest absolute Gasteiger partial charge is 0.416 e. The standard InChI is InChI=1S/C22H17F3N2O2/c23-22(24,25)16-8-9-17-15(6-3-11-29-19(17)13-16)12-20(28)27-18-7-1-4-14-5-2-10-26-21(14)18/h1-2,4-5,7-10,12-13H,3,6,11H2,(H,27,28). The molecule has 0 spiro atoms. The van der Waals surface area contributed by atoms with Crippen LogP contribution in [0.15, 0.2) is 60.8 Å². The summed E-state index contributed by atoms with van der Waals surface area (Å²) in [5.41, 5.74) is 1.60. The van der Waals surface area contributed by atoms with Crippen LogP contribution < -0.4 is 10.1 Å². The van der Waals surface area contributed by atoms with Crippen LogP contribution in [0.2, 0.25) is 0 Å². The second-order valence-electron chi connectivity index (χ2n) is 6.70. The first-order valence-corrected chi connectivity index (χ1v) is 9.11. The number of anilines is 1. The van der Waals surface area contributed by atoms with Gasteiger partial charge in [0.25, 0.3) is 0 Å². The van der Waals surface area contributed by atoms with Gasteiger partial charge in [0.05, 0.1) is 23.4 Å². The number of hydrogen-bond donors (Lipinski definition) is 1. The van der Waals surface area contributed by atoms with Gasteiger partial charge >= 0.3 is 6.18 Å². The molecule has 0 unspecified atom stereocenters. The molecule has 148 valence electrons. The highest BCUT2D eigenvalue weighted by molar-refractivity contribution is 6.08. The van der Waals surface area contributed by atoms with Gasteiger partial charge in [-0.2, -0.15) is 13.2 Å². The van der Waals surface area contributed by atoms with Crippen molar-refractivity contribution in [1.82, 2.24) is 4.98 Å². The summed E-state index contributed by atoms with van der Waals surface area (Å²) in [4.78, 5) is 16.9. The number of carbonyl (C=O) groups excluding carboxylic acids is 1. The van der Waals surface area contributed by atoms with Crippen molar-refractivity contribution in [3.05, 3.63) is 71.9 Å². The molecule has 0 aliphatic carbocycles. The third-order valence-corrected chi connectivity index (χ3v) is 4.70. The lowest BCUT2D eigenvalue weighted by atomic mass is 9.99. The molecular weight excluding hydrogens is 381 g/mol. The second kappa shape index (κ2) is 7.58. The summed E-state index contributed by atoms with van der Waals surface area (Å²) >= 11 is 0. The highest BCUT2D eigenvalue weighted by Gasteiger charge is 2.32. The maximum absolute atomic E-state index is 13.0. The van der Waals surface area contributed by atoms with Gasteiger partial charge < -0.3 is 10.1 Å². The zero-order chi connectivity index (χ0) is 20.4. The number of nitrogens with one attached hydrogen (secondary N) is 1. The van der Waals surface area contributed by atoms with E-state index in [1.165, 1.54) is 12.1 Å². The molecule has 4 rings (SSSR count). The number of alkyl halides is 3. The lowest BCUT2D eigenvalue weighted by Gasteiger charge is -2.13. The number of ether oxygens (including phenoxy) is 1. The summed E-state index contributed by atoms with van der Waals surface area (Å²) in [6, 6.07) is 12.5. The number of hydrogen-bond acceptors (Lipinski definition) is 3. The average Bonchev–Trinajstić information content (AvgIpc) is 2.89. The second-order valence-corrected chi connectivity index (χ2v) is 6.70. The highest BCUT2D eigenvalue weighted by Crippen LogP contribution is 2.38. The van der Waals surface area contributed by atoms with E-state index in [9.17, 15) is 18.0 Å². The average molecular weight is 398 g/mol. The molecule has 1 aliphatic heterocycles. The largest absolute Gasteiger partial charge is 0.493 e. The van der Waals surface area contributed by atoms with Crippen molar-refractivity contribution in [1.29, 1.82) is 0 Å². The van der Waals surface area contributed by atoms with Crippen molar-refractivity contribution in [3.63, 3.8) is 0 Å². The first-order valence-electron chi connectivity index (χ1n) is 9.11. The molecule has 4 nitrogen and oxygen atoms in total. The van der Waals surface area contributed by atoms with Crippen LogP contribution in [-0.4, -0.2) is 17.5 Å². The predicted octanol–water partition coefficient (Wildman–Crippen LogP) is 5.45. The molecule has 1 aliphatic rings. The van der Waals surface area contributed by atoms with E-state index >= 15 is 0 Å². The number of nitrogens with zero attached hydrogens (tertiary/aromatic N) is 1. The summed E-state index contributed by atoms with van der Waals surface area (Å²) < 4.78 is 44.5. The van der Waals surface area contributed by atoms with Gasteiger partial charge in [-0.05, 0) is 42.7 Å². The first kappa shape index (κ1) is 19.0. The van der Waals surface area contributed by atoms with E-state index in [-0.39, 0.29) is 11.7 Å². The number of para-hydroxylation sites is 1. The van der Waals surface area contributed by atoms with Crippen molar-refractivity contribution in [3.8, 4) is 5.75 Å². The summed E-state index contributed by atoms with van der Waals surface area (Å²) in [7, 11) is 0. The summed E-state index contributed by atoms with van der Waals surface area (Å²) in [6.07, 6.45) is -0.256. The number of aromatic nitrogens is 1. The van der Waals surface area contributed by atoms with E-state index < -0.39 is 11.7 Å². The number of pyridine rings is 1. The Morgan fingerprint density at radius 1 is 1.14 bits per heavy atom. The van der Waals surface area contributed by atoms with Crippen molar-refractivity contribution < 1.29 is 22.7 Å². The van der Waals surface area contributed by atoms with Crippen LogP contribution in [0.3, 0.4) is 0 Å². The SMILES string of the molecule is O=C(C=C1CCCOc2cc(C(F)(F)F)ccc21)Nc1cccc2cccnc12. The molecule has 2 heterocycles. The summed E-state index contributed by atoms with van der Waals surface area (Å²) in [5, 5.41) is 3.71. The van der Waals surface area contributed by atoms with Gasteiger partial charge in [-0.3, -0.25) is 9.78 Å². The van der Waals surface area contributed by atoms with Crippen LogP contribution in [0, 0.1) is 0 Å². The van der Waals surface area contributed by atoms with E-state index in [0.717, 1.165) is 17.5 Å². The molecule has 0 atom stereocenters. The van der Waals surface area contributed by atoms with Gasteiger partial charge in [0.2, 0.25) is 5.91 Å². The van der Waals surface area contributed by atoms with Gasteiger partial charge in [-0.15, -0.1) is 0 Å². The molecule has 0 fully saturated rings. The zero-order valence-corrected chi connectivity index (χ0v) is 15.3. The van der Waals surface area contributed by atoms with Crippen LogP contribution in [0.1, 0.15) is 24.0 Å². The molecule has 1 aromatic heterocycles. The van der Waals surface area contributed by atoms with Crippen molar-refractivity contribution in [2.45, 2.75) is 19.0 Å². The Labute approximate surface area is 165 Å². The first-order chi connectivity index (χ1) is 13.9. The number of halogens is 3. The number of benzene rings is 2. The van der Waals surface area contributed by atoms with E-state index in [2.05, 4.69) is 10.3 Å². The molecule has 0 radical (unpaired) electrons. The van der Waals surface area contributed by atoms with Crippen LogP contribution in [-0.2, 0) is 11.0 Å². The molecule has 1 amide bonds. The Morgan fingerprint density at radius 2 is 1.97 bits per heavy atom. The number of carbonyl (C=O) groups is 1. The minimum Gasteiger partial charge on any atom is -0.493 e. The van der Waals surface area contributed by atoms with Crippen molar-refractivity contribution >= 4 is 28.1 Å². The fraction of sp³-hybridized carbons (Fsp3) is 0.182. The molecule has 7 heteroatoms. The van der Waals surface area contributed by atoms with Crippen LogP contribution in [0.4, 0.5) is 18.9 Å². The molecule has 3 aromatic rings. The monoisotopic (exact) mass is 398 g/mol.